The predicted molar refractivity (Wildman–Crippen MR) is 111 cm³/mol. The van der Waals surface area contributed by atoms with Gasteiger partial charge >= 0.3 is 0 Å². The van der Waals surface area contributed by atoms with Gasteiger partial charge in [0, 0.05) is 19.6 Å². The molecule has 1 fully saturated rings. The summed E-state index contributed by atoms with van der Waals surface area (Å²) in [5.41, 5.74) is -0.0156. The van der Waals surface area contributed by atoms with Crippen molar-refractivity contribution in [2.45, 2.75) is 32.1 Å². The van der Waals surface area contributed by atoms with E-state index in [9.17, 15) is 14.0 Å². The second kappa shape index (κ2) is 10.5. The fourth-order valence-corrected chi connectivity index (χ4v) is 3.90. The van der Waals surface area contributed by atoms with Gasteiger partial charge in [-0.25, -0.2) is 4.39 Å². The van der Waals surface area contributed by atoms with Gasteiger partial charge in [0.05, 0.1) is 31.1 Å². The third kappa shape index (κ3) is 5.79. The van der Waals surface area contributed by atoms with Crippen molar-refractivity contribution >= 4 is 23.6 Å². The van der Waals surface area contributed by atoms with Crippen molar-refractivity contribution in [3.8, 4) is 0 Å². The number of aromatic nitrogens is 3. The molecule has 0 bridgehead atoms. The van der Waals surface area contributed by atoms with Crippen LogP contribution >= 0.6 is 11.8 Å². The highest BCUT2D eigenvalue weighted by Crippen LogP contribution is 2.20. The highest BCUT2D eigenvalue weighted by molar-refractivity contribution is 7.99. The van der Waals surface area contributed by atoms with E-state index in [1.165, 1.54) is 30.0 Å². The maximum atomic E-state index is 13.8. The Morgan fingerprint density at radius 3 is 2.67 bits per heavy atom. The normalized spacial score (nSPS) is 14.2. The fourth-order valence-electron chi connectivity index (χ4n) is 3.04. The Morgan fingerprint density at radius 1 is 1.23 bits per heavy atom. The van der Waals surface area contributed by atoms with Crippen LogP contribution in [0.4, 0.5) is 4.39 Å². The van der Waals surface area contributed by atoms with Gasteiger partial charge in [0.25, 0.3) is 5.91 Å². The quantitative estimate of drug-likeness (QED) is 0.638. The number of carbonyl (C=O) groups is 2. The molecule has 2 amide bonds. The average molecular weight is 436 g/mol. The standard InChI is InChI=1S/C20H26FN5O3S/c1-14(2)12-26-17(11-22-19(28)15-5-3-4-6-16(15)21)23-24-20(26)30-13-18(27)25-7-9-29-10-8-25/h3-6,14H,7-13H2,1-2H3,(H,22,28). The molecule has 0 aliphatic carbocycles. The van der Waals surface area contributed by atoms with E-state index in [2.05, 4.69) is 29.4 Å². The van der Waals surface area contributed by atoms with Gasteiger partial charge in [-0.1, -0.05) is 37.7 Å². The molecule has 1 saturated heterocycles. The number of hydrogen-bond acceptors (Lipinski definition) is 6. The molecular weight excluding hydrogens is 409 g/mol. The molecule has 0 atom stereocenters. The van der Waals surface area contributed by atoms with Crippen LogP contribution in [0.15, 0.2) is 29.4 Å². The summed E-state index contributed by atoms with van der Waals surface area (Å²) in [6.07, 6.45) is 0. The fraction of sp³-hybridized carbons (Fsp3) is 0.500. The number of ether oxygens (including phenoxy) is 1. The molecule has 8 nitrogen and oxygen atoms in total. The molecule has 162 valence electrons. The van der Waals surface area contributed by atoms with Crippen molar-refractivity contribution in [2.75, 3.05) is 32.1 Å². The smallest absolute Gasteiger partial charge is 0.254 e. The minimum absolute atomic E-state index is 0.0156. The maximum absolute atomic E-state index is 13.8. The molecule has 3 rings (SSSR count). The van der Waals surface area contributed by atoms with E-state index < -0.39 is 11.7 Å². The number of thioether (sulfide) groups is 1. The van der Waals surface area contributed by atoms with E-state index in [0.29, 0.717) is 49.7 Å². The van der Waals surface area contributed by atoms with Gasteiger partial charge in [-0.3, -0.25) is 9.59 Å². The number of nitrogens with one attached hydrogen (secondary N) is 1. The minimum Gasteiger partial charge on any atom is -0.378 e. The highest BCUT2D eigenvalue weighted by Gasteiger charge is 2.20. The van der Waals surface area contributed by atoms with E-state index in [1.807, 2.05) is 4.57 Å². The van der Waals surface area contributed by atoms with Crippen LogP contribution in [0.5, 0.6) is 0 Å². The van der Waals surface area contributed by atoms with E-state index in [-0.39, 0.29) is 23.8 Å². The van der Waals surface area contributed by atoms with E-state index in [4.69, 9.17) is 4.74 Å². The number of halogens is 1. The van der Waals surface area contributed by atoms with Crippen LogP contribution in [0.1, 0.15) is 30.0 Å². The average Bonchev–Trinajstić information content (AvgIpc) is 3.12. The molecule has 1 aromatic carbocycles. The topological polar surface area (TPSA) is 89.3 Å². The summed E-state index contributed by atoms with van der Waals surface area (Å²) in [6.45, 7) is 7.22. The summed E-state index contributed by atoms with van der Waals surface area (Å²) in [4.78, 5) is 26.5. The summed E-state index contributed by atoms with van der Waals surface area (Å²) in [5, 5.41) is 11.7. The van der Waals surface area contributed by atoms with E-state index in [0.717, 1.165) is 0 Å². The molecular formula is C20H26FN5O3S. The molecule has 1 aliphatic rings. The first-order valence-electron chi connectivity index (χ1n) is 9.89. The first kappa shape index (κ1) is 22.2. The van der Waals surface area contributed by atoms with Crippen LogP contribution in [0.25, 0.3) is 0 Å². The molecule has 0 unspecified atom stereocenters. The van der Waals surface area contributed by atoms with Crippen molar-refractivity contribution in [1.82, 2.24) is 25.0 Å². The van der Waals surface area contributed by atoms with E-state index in [1.54, 1.807) is 11.0 Å². The lowest BCUT2D eigenvalue weighted by Crippen LogP contribution is -2.41. The Labute approximate surface area is 179 Å². The largest absolute Gasteiger partial charge is 0.378 e. The zero-order valence-corrected chi connectivity index (χ0v) is 18.0. The monoisotopic (exact) mass is 435 g/mol. The van der Waals surface area contributed by atoms with Gasteiger partial charge < -0.3 is 19.5 Å². The maximum Gasteiger partial charge on any atom is 0.254 e. The number of morpholine rings is 1. The highest BCUT2D eigenvalue weighted by atomic mass is 32.2. The van der Waals surface area contributed by atoms with Gasteiger partial charge in [-0.15, -0.1) is 10.2 Å². The van der Waals surface area contributed by atoms with Gasteiger partial charge in [-0.2, -0.15) is 0 Å². The van der Waals surface area contributed by atoms with Crippen LogP contribution in [0.2, 0.25) is 0 Å². The Balaban J connectivity index is 1.64. The summed E-state index contributed by atoms with van der Waals surface area (Å²) in [5.74, 6) is 0.0981. The molecule has 0 radical (unpaired) electrons. The first-order chi connectivity index (χ1) is 14.5. The molecule has 1 aliphatic heterocycles. The third-order valence-corrected chi connectivity index (χ3v) is 5.51. The number of nitrogens with zero attached hydrogens (tertiary/aromatic N) is 4. The van der Waals surface area contributed by atoms with Gasteiger partial charge in [0.2, 0.25) is 5.91 Å². The molecule has 1 N–H and O–H groups in total. The SMILES string of the molecule is CC(C)Cn1c(CNC(=O)c2ccccc2F)nnc1SCC(=O)N1CCOCC1. The van der Waals surface area contributed by atoms with Crippen molar-refractivity contribution in [1.29, 1.82) is 0 Å². The Hall–Kier alpha value is -2.46. The summed E-state index contributed by atoms with van der Waals surface area (Å²) < 4.78 is 21.0. The molecule has 1 aromatic heterocycles. The van der Waals surface area contributed by atoms with Crippen molar-refractivity contribution in [2.24, 2.45) is 5.92 Å². The Bertz CT molecular complexity index is 883. The second-order valence-electron chi connectivity index (χ2n) is 7.35. The second-order valence-corrected chi connectivity index (χ2v) is 8.29. The number of carbonyl (C=O) groups excluding carboxylic acids is 2. The molecule has 2 heterocycles. The lowest BCUT2D eigenvalue weighted by atomic mass is 10.2. The molecule has 0 saturated carbocycles. The first-order valence-corrected chi connectivity index (χ1v) is 10.9. The molecule has 30 heavy (non-hydrogen) atoms. The minimum atomic E-state index is -0.573. The van der Waals surface area contributed by atoms with Crippen LogP contribution in [0, 0.1) is 11.7 Å². The van der Waals surface area contributed by atoms with Crippen molar-refractivity contribution in [3.63, 3.8) is 0 Å². The van der Waals surface area contributed by atoms with Gasteiger partial charge in [0.15, 0.2) is 11.0 Å². The lowest BCUT2D eigenvalue weighted by Gasteiger charge is -2.26. The summed E-state index contributed by atoms with van der Waals surface area (Å²) >= 11 is 1.33. The van der Waals surface area contributed by atoms with Crippen molar-refractivity contribution < 1.29 is 18.7 Å². The zero-order chi connectivity index (χ0) is 21.5. The van der Waals surface area contributed by atoms with E-state index >= 15 is 0 Å². The Kier molecular flexibility index (Phi) is 7.81. The lowest BCUT2D eigenvalue weighted by molar-refractivity contribution is -0.132. The Morgan fingerprint density at radius 2 is 1.97 bits per heavy atom. The van der Waals surface area contributed by atoms with Crippen molar-refractivity contribution in [3.05, 3.63) is 41.5 Å². The molecule has 0 spiro atoms. The van der Waals surface area contributed by atoms with Gasteiger partial charge in [0.1, 0.15) is 5.82 Å². The van der Waals surface area contributed by atoms with Gasteiger partial charge in [-0.05, 0) is 18.1 Å². The summed E-state index contributed by atoms with van der Waals surface area (Å²) in [7, 11) is 0. The zero-order valence-electron chi connectivity index (χ0n) is 17.1. The van der Waals surface area contributed by atoms with Crippen LogP contribution in [-0.2, 0) is 22.6 Å². The molecule has 10 heteroatoms. The summed E-state index contributed by atoms with van der Waals surface area (Å²) in [6, 6.07) is 5.82. The van der Waals surface area contributed by atoms with Crippen LogP contribution < -0.4 is 5.32 Å². The predicted octanol–water partition coefficient (Wildman–Crippen LogP) is 1.95. The van der Waals surface area contributed by atoms with Crippen LogP contribution in [-0.4, -0.2) is 63.5 Å². The number of hydrogen-bond donors (Lipinski definition) is 1. The molecule has 2 aromatic rings. The number of amides is 2. The number of rotatable bonds is 8. The number of benzene rings is 1. The van der Waals surface area contributed by atoms with Crippen LogP contribution in [0.3, 0.4) is 0 Å². The third-order valence-electron chi connectivity index (χ3n) is 4.56.